The highest BCUT2D eigenvalue weighted by Crippen LogP contribution is 2.13. The van der Waals surface area contributed by atoms with Gasteiger partial charge in [0.15, 0.2) is 5.78 Å². The molecule has 0 bridgehead atoms. The zero-order chi connectivity index (χ0) is 13.1. The molecule has 0 saturated carbocycles. The summed E-state index contributed by atoms with van der Waals surface area (Å²) in [6.45, 7) is 7.57. The Morgan fingerprint density at radius 2 is 2.06 bits per heavy atom. The molecule has 0 aromatic rings. The monoisotopic (exact) mass is 242 g/mol. The first-order valence-corrected chi connectivity index (χ1v) is 5.92. The minimum Gasteiger partial charge on any atom is -0.366 e. The maximum Gasteiger partial charge on any atom is 0.250 e. The molecule has 5 nitrogen and oxygen atoms in total. The second-order valence-electron chi connectivity index (χ2n) is 5.51. The van der Waals surface area contributed by atoms with E-state index in [0.717, 1.165) is 6.54 Å². The fraction of sp³-hybridized carbons (Fsp3) is 0.833. The van der Waals surface area contributed by atoms with Crippen molar-refractivity contribution in [3.63, 3.8) is 0 Å². The van der Waals surface area contributed by atoms with Gasteiger partial charge >= 0.3 is 0 Å². The summed E-state index contributed by atoms with van der Waals surface area (Å²) in [5.74, 6) is -0.177. The summed E-state index contributed by atoms with van der Waals surface area (Å²) in [6, 6.07) is 0. The smallest absolute Gasteiger partial charge is 0.250 e. The van der Waals surface area contributed by atoms with Gasteiger partial charge in [-0.15, -0.1) is 0 Å². The van der Waals surface area contributed by atoms with E-state index in [1.807, 2.05) is 32.7 Å². The Morgan fingerprint density at radius 1 is 1.41 bits per heavy atom. The molecule has 0 aliphatic carbocycles. The standard InChI is InChI=1S/C12H22N2O3/c1-12(2,3)10(15)7-13-11(16)9-8-14(4)5-6-17-9/h9H,5-8H2,1-4H3,(H,13,16)/t9-/m1/s1. The second-order valence-corrected chi connectivity index (χ2v) is 5.51. The van der Waals surface area contributed by atoms with Crippen LogP contribution in [0.4, 0.5) is 0 Å². The molecule has 0 spiro atoms. The lowest BCUT2D eigenvalue weighted by atomic mass is 9.91. The highest BCUT2D eigenvalue weighted by Gasteiger charge is 2.26. The van der Waals surface area contributed by atoms with Gasteiger partial charge < -0.3 is 15.0 Å². The summed E-state index contributed by atoms with van der Waals surface area (Å²) in [7, 11) is 1.95. The highest BCUT2D eigenvalue weighted by molar-refractivity contribution is 5.90. The summed E-state index contributed by atoms with van der Waals surface area (Å²) in [5.41, 5.74) is -0.419. The maximum atomic E-state index is 11.8. The van der Waals surface area contributed by atoms with E-state index < -0.39 is 11.5 Å². The molecule has 1 heterocycles. The van der Waals surface area contributed by atoms with Crippen LogP contribution in [0.5, 0.6) is 0 Å². The van der Waals surface area contributed by atoms with Crippen LogP contribution in [0, 0.1) is 5.41 Å². The van der Waals surface area contributed by atoms with E-state index in [4.69, 9.17) is 4.74 Å². The lowest BCUT2D eigenvalue weighted by Gasteiger charge is -2.29. The van der Waals surface area contributed by atoms with Gasteiger partial charge in [0.1, 0.15) is 6.10 Å². The van der Waals surface area contributed by atoms with Gasteiger partial charge in [-0.3, -0.25) is 9.59 Å². The third kappa shape index (κ3) is 4.44. The zero-order valence-corrected chi connectivity index (χ0v) is 11.1. The quantitative estimate of drug-likeness (QED) is 0.759. The van der Waals surface area contributed by atoms with E-state index in [0.29, 0.717) is 13.2 Å². The van der Waals surface area contributed by atoms with Crippen LogP contribution in [0.2, 0.25) is 0 Å². The minimum absolute atomic E-state index is 0.0232. The molecule has 5 heteroatoms. The number of hydrogen-bond acceptors (Lipinski definition) is 4. The van der Waals surface area contributed by atoms with E-state index >= 15 is 0 Å². The third-order valence-corrected chi connectivity index (χ3v) is 2.82. The molecule has 1 atom stereocenters. The summed E-state index contributed by atoms with van der Waals surface area (Å²) in [4.78, 5) is 25.5. The number of likely N-dealkylation sites (N-methyl/N-ethyl adjacent to an activating group) is 1. The molecular formula is C12H22N2O3. The Balaban J connectivity index is 2.37. The van der Waals surface area contributed by atoms with E-state index in [1.165, 1.54) is 0 Å². The van der Waals surface area contributed by atoms with Crippen molar-refractivity contribution in [3.8, 4) is 0 Å². The van der Waals surface area contributed by atoms with E-state index in [1.54, 1.807) is 0 Å². The third-order valence-electron chi connectivity index (χ3n) is 2.82. The van der Waals surface area contributed by atoms with E-state index in [9.17, 15) is 9.59 Å². The number of carbonyl (C=O) groups is 2. The van der Waals surface area contributed by atoms with Crippen LogP contribution in [0.1, 0.15) is 20.8 Å². The summed E-state index contributed by atoms with van der Waals surface area (Å²) in [5, 5.41) is 2.64. The van der Waals surface area contributed by atoms with Gasteiger partial charge in [0.05, 0.1) is 13.2 Å². The number of hydrogen-bond donors (Lipinski definition) is 1. The van der Waals surface area contributed by atoms with Gasteiger partial charge in [-0.05, 0) is 7.05 Å². The van der Waals surface area contributed by atoms with Crippen molar-refractivity contribution in [2.24, 2.45) is 5.41 Å². The molecule has 0 radical (unpaired) electrons. The molecule has 1 saturated heterocycles. The van der Waals surface area contributed by atoms with Gasteiger partial charge in [-0.25, -0.2) is 0 Å². The van der Waals surface area contributed by atoms with Crippen LogP contribution in [0.3, 0.4) is 0 Å². The van der Waals surface area contributed by atoms with Crippen LogP contribution in [0.15, 0.2) is 0 Å². The van der Waals surface area contributed by atoms with Crippen LogP contribution in [-0.4, -0.2) is 56.0 Å². The molecule has 1 fully saturated rings. The molecular weight excluding hydrogens is 220 g/mol. The van der Waals surface area contributed by atoms with Gasteiger partial charge in [0.2, 0.25) is 0 Å². The topological polar surface area (TPSA) is 58.6 Å². The summed E-state index contributed by atoms with van der Waals surface area (Å²) < 4.78 is 5.36. The van der Waals surface area contributed by atoms with E-state index in [2.05, 4.69) is 5.32 Å². The number of ether oxygens (including phenoxy) is 1. The Morgan fingerprint density at radius 3 is 2.59 bits per heavy atom. The Hall–Kier alpha value is -0.940. The van der Waals surface area contributed by atoms with Crippen LogP contribution < -0.4 is 5.32 Å². The largest absolute Gasteiger partial charge is 0.366 e. The van der Waals surface area contributed by atoms with Crippen LogP contribution >= 0.6 is 0 Å². The van der Waals surface area contributed by atoms with Crippen LogP contribution in [-0.2, 0) is 14.3 Å². The van der Waals surface area contributed by atoms with E-state index in [-0.39, 0.29) is 18.2 Å². The van der Waals surface area contributed by atoms with Crippen molar-refractivity contribution in [1.29, 1.82) is 0 Å². The van der Waals surface area contributed by atoms with Crippen molar-refractivity contribution < 1.29 is 14.3 Å². The number of rotatable bonds is 3. The molecule has 0 aromatic carbocycles. The number of morpholine rings is 1. The molecule has 1 aliphatic heterocycles. The lowest BCUT2D eigenvalue weighted by molar-refractivity contribution is -0.139. The fourth-order valence-electron chi connectivity index (χ4n) is 1.48. The molecule has 98 valence electrons. The Bertz CT molecular complexity index is 297. The van der Waals surface area contributed by atoms with Gasteiger partial charge in [0.25, 0.3) is 5.91 Å². The van der Waals surface area contributed by atoms with Crippen molar-refractivity contribution >= 4 is 11.7 Å². The predicted molar refractivity (Wildman–Crippen MR) is 64.7 cm³/mol. The number of Topliss-reactive ketones (excluding diaryl/α,β-unsaturated/α-hetero) is 1. The number of nitrogens with one attached hydrogen (secondary N) is 1. The van der Waals surface area contributed by atoms with Gasteiger partial charge in [-0.1, -0.05) is 20.8 Å². The molecule has 1 aliphatic rings. The second kappa shape index (κ2) is 5.60. The Kier molecular flexibility index (Phi) is 4.65. The average molecular weight is 242 g/mol. The maximum absolute atomic E-state index is 11.8. The average Bonchev–Trinajstić information content (AvgIpc) is 2.24. The van der Waals surface area contributed by atoms with Gasteiger partial charge in [-0.2, -0.15) is 0 Å². The normalized spacial score (nSPS) is 22.2. The predicted octanol–water partition coefficient (Wildman–Crippen LogP) is 0.0484. The van der Waals surface area contributed by atoms with Crippen molar-refractivity contribution in [2.75, 3.05) is 33.3 Å². The first-order chi connectivity index (χ1) is 7.80. The van der Waals surface area contributed by atoms with Gasteiger partial charge in [0, 0.05) is 18.5 Å². The molecule has 0 aromatic heterocycles. The number of carbonyl (C=O) groups excluding carboxylic acids is 2. The number of amides is 1. The lowest BCUT2D eigenvalue weighted by Crippen LogP contribution is -2.49. The van der Waals surface area contributed by atoms with Crippen LogP contribution in [0.25, 0.3) is 0 Å². The first-order valence-electron chi connectivity index (χ1n) is 5.92. The Labute approximate surface area is 102 Å². The molecule has 0 unspecified atom stereocenters. The molecule has 1 amide bonds. The highest BCUT2D eigenvalue weighted by atomic mass is 16.5. The fourth-order valence-corrected chi connectivity index (χ4v) is 1.48. The van der Waals surface area contributed by atoms with Crippen molar-refractivity contribution in [2.45, 2.75) is 26.9 Å². The summed E-state index contributed by atoms with van der Waals surface area (Å²) >= 11 is 0. The molecule has 1 rings (SSSR count). The number of nitrogens with zero attached hydrogens (tertiary/aromatic N) is 1. The SMILES string of the molecule is CN1CCO[C@@H](C(=O)NCC(=O)C(C)(C)C)C1. The van der Waals surface area contributed by atoms with Crippen molar-refractivity contribution in [3.05, 3.63) is 0 Å². The van der Waals surface area contributed by atoms with Crippen molar-refractivity contribution in [1.82, 2.24) is 10.2 Å². The zero-order valence-electron chi connectivity index (χ0n) is 11.1. The first kappa shape index (κ1) is 14.1. The minimum atomic E-state index is -0.457. The summed E-state index contributed by atoms with van der Waals surface area (Å²) in [6.07, 6.45) is -0.457. The number of ketones is 1. The molecule has 17 heavy (non-hydrogen) atoms. The molecule has 1 N–H and O–H groups in total.